The second-order valence-electron chi connectivity index (χ2n) is 9.90. The molecule has 0 amide bonds. The average molecular weight is 630 g/mol. The van der Waals surface area contributed by atoms with Gasteiger partial charge in [-0.2, -0.15) is 0 Å². The molecule has 0 unspecified atom stereocenters. The number of esters is 4. The van der Waals surface area contributed by atoms with Gasteiger partial charge in [-0.25, -0.2) is 0 Å². The minimum atomic E-state index is -1.27. The third-order valence-electron chi connectivity index (χ3n) is 6.84. The molecule has 0 N–H and O–H groups in total. The van der Waals surface area contributed by atoms with Crippen LogP contribution in [0.5, 0.6) is 0 Å². The van der Waals surface area contributed by atoms with Crippen LogP contribution in [0.3, 0.4) is 0 Å². The largest absolute Gasteiger partial charge is 0.469 e. The van der Waals surface area contributed by atoms with Crippen LogP contribution >= 0.6 is 15.9 Å². The summed E-state index contributed by atoms with van der Waals surface area (Å²) in [5.41, 5.74) is 3.87. The number of carbonyl (C=O) groups excluding carboxylic acids is 4. The van der Waals surface area contributed by atoms with Gasteiger partial charge in [-0.15, -0.1) is 0 Å². The third-order valence-corrected chi connectivity index (χ3v) is 7.37. The smallest absolute Gasteiger partial charge is 0.308 e. The van der Waals surface area contributed by atoms with Crippen LogP contribution < -0.4 is 0 Å². The lowest BCUT2D eigenvalue weighted by Gasteiger charge is -2.45. The van der Waals surface area contributed by atoms with Gasteiger partial charge in [0.05, 0.1) is 19.0 Å². The van der Waals surface area contributed by atoms with E-state index < -0.39 is 54.5 Å². The third kappa shape index (κ3) is 6.97. The molecule has 1 fully saturated rings. The van der Waals surface area contributed by atoms with E-state index in [4.69, 9.17) is 23.7 Å². The molecule has 10 nitrogen and oxygen atoms in total. The highest BCUT2D eigenvalue weighted by molar-refractivity contribution is 9.10. The van der Waals surface area contributed by atoms with Crippen molar-refractivity contribution in [3.8, 4) is 0 Å². The van der Waals surface area contributed by atoms with Crippen molar-refractivity contribution in [2.24, 2.45) is 0 Å². The number of nitrogens with zero attached hydrogens (tertiary/aromatic N) is 1. The predicted molar refractivity (Wildman–Crippen MR) is 151 cm³/mol. The van der Waals surface area contributed by atoms with Gasteiger partial charge >= 0.3 is 23.9 Å². The number of rotatable bonds is 8. The Hall–Kier alpha value is -3.70. The van der Waals surface area contributed by atoms with Crippen molar-refractivity contribution in [3.63, 3.8) is 0 Å². The van der Waals surface area contributed by atoms with Gasteiger partial charge in [0.15, 0.2) is 24.5 Å². The van der Waals surface area contributed by atoms with Crippen molar-refractivity contribution < 1.29 is 42.9 Å². The monoisotopic (exact) mass is 629 g/mol. The van der Waals surface area contributed by atoms with Crippen molar-refractivity contribution in [2.75, 3.05) is 7.11 Å². The summed E-state index contributed by atoms with van der Waals surface area (Å²) in [5, 5.41) is 0.983. The van der Waals surface area contributed by atoms with Crippen LogP contribution in [0.4, 0.5) is 0 Å². The molecule has 1 saturated heterocycles. The Morgan fingerprint density at radius 3 is 2.10 bits per heavy atom. The van der Waals surface area contributed by atoms with Crippen LogP contribution in [0.1, 0.15) is 50.1 Å². The lowest BCUT2D eigenvalue weighted by molar-refractivity contribution is -0.263. The number of halogens is 1. The maximum absolute atomic E-state index is 12.4. The van der Waals surface area contributed by atoms with Gasteiger partial charge in [-0.1, -0.05) is 40.2 Å². The number of fused-ring (bicyclic) bond motifs is 1. The van der Waals surface area contributed by atoms with Gasteiger partial charge < -0.3 is 28.3 Å². The van der Waals surface area contributed by atoms with Gasteiger partial charge in [0.2, 0.25) is 0 Å². The molecule has 2 heterocycles. The molecular weight excluding hydrogens is 598 g/mol. The van der Waals surface area contributed by atoms with Crippen LogP contribution in [0.25, 0.3) is 10.9 Å². The van der Waals surface area contributed by atoms with E-state index in [1.54, 1.807) is 0 Å². The van der Waals surface area contributed by atoms with E-state index >= 15 is 0 Å². The zero-order valence-electron chi connectivity index (χ0n) is 23.4. The Morgan fingerprint density at radius 2 is 1.49 bits per heavy atom. The zero-order valence-corrected chi connectivity index (χ0v) is 25.0. The molecule has 2 aromatic carbocycles. The summed E-state index contributed by atoms with van der Waals surface area (Å²) in [4.78, 5) is 49.0. The maximum atomic E-state index is 12.4. The fourth-order valence-electron chi connectivity index (χ4n) is 5.26. The van der Waals surface area contributed by atoms with Crippen LogP contribution in [0, 0.1) is 6.92 Å². The average Bonchev–Trinajstić information content (AvgIpc) is 3.27. The van der Waals surface area contributed by atoms with Crippen LogP contribution in [0.2, 0.25) is 0 Å². The van der Waals surface area contributed by atoms with Gasteiger partial charge in [0.25, 0.3) is 0 Å². The normalized spacial score (nSPS) is 22.1. The first-order valence-electron chi connectivity index (χ1n) is 13.1. The Balaban J connectivity index is 1.88. The molecule has 0 saturated carbocycles. The fraction of sp³-hybridized carbons (Fsp3) is 0.400. The number of aromatic nitrogens is 1. The summed E-state index contributed by atoms with van der Waals surface area (Å²) in [6, 6.07) is 13.8. The van der Waals surface area contributed by atoms with Crippen molar-refractivity contribution in [3.05, 3.63) is 69.8 Å². The van der Waals surface area contributed by atoms with Crippen molar-refractivity contribution >= 4 is 50.7 Å². The molecule has 1 aromatic heterocycles. The van der Waals surface area contributed by atoms with Crippen LogP contribution in [-0.4, -0.2) is 60.0 Å². The summed E-state index contributed by atoms with van der Waals surface area (Å²) < 4.78 is 30.9. The number of hydrogen-bond donors (Lipinski definition) is 0. The Kier molecular flexibility index (Phi) is 9.49. The second-order valence-corrected chi connectivity index (χ2v) is 10.8. The van der Waals surface area contributed by atoms with Gasteiger partial charge in [0.1, 0.15) is 6.10 Å². The van der Waals surface area contributed by atoms with Crippen LogP contribution in [0.15, 0.2) is 53.1 Å². The first-order valence-corrected chi connectivity index (χ1v) is 13.8. The number of methoxy groups -OCH3 is 1. The highest BCUT2D eigenvalue weighted by atomic mass is 79.9. The van der Waals surface area contributed by atoms with E-state index in [2.05, 4.69) is 15.9 Å². The number of benzene rings is 2. The van der Waals surface area contributed by atoms with E-state index in [1.807, 2.05) is 60.2 Å². The number of carbonyl (C=O) groups is 4. The Labute approximate surface area is 246 Å². The van der Waals surface area contributed by atoms with Crippen molar-refractivity contribution in [1.29, 1.82) is 0 Å². The molecule has 3 aromatic rings. The molecule has 1 aliphatic rings. The molecule has 0 aliphatic carbocycles. The molecule has 41 heavy (non-hydrogen) atoms. The molecule has 5 atom stereocenters. The molecule has 0 spiro atoms. The molecule has 11 heteroatoms. The van der Waals surface area contributed by atoms with E-state index in [0.29, 0.717) is 6.42 Å². The van der Waals surface area contributed by atoms with Gasteiger partial charge in [-0.3, -0.25) is 19.2 Å². The summed E-state index contributed by atoms with van der Waals surface area (Å²) in [5.74, 6) is -2.66. The maximum Gasteiger partial charge on any atom is 0.308 e. The molecule has 218 valence electrons. The highest BCUT2D eigenvalue weighted by Crippen LogP contribution is 2.39. The zero-order chi connectivity index (χ0) is 29.8. The number of hydrogen-bond acceptors (Lipinski definition) is 9. The minimum absolute atomic E-state index is 0.306. The van der Waals surface area contributed by atoms with E-state index in [-0.39, 0.29) is 6.42 Å². The molecular formula is C30H32BrNO9. The van der Waals surface area contributed by atoms with Crippen LogP contribution in [-0.2, 0) is 49.3 Å². The van der Waals surface area contributed by atoms with E-state index in [0.717, 1.165) is 32.1 Å². The second kappa shape index (κ2) is 12.9. The Bertz CT molecular complexity index is 1450. The first-order chi connectivity index (χ1) is 19.5. The quantitative estimate of drug-likeness (QED) is 0.261. The topological polar surface area (TPSA) is 119 Å². The molecule has 4 rings (SSSR count). The van der Waals surface area contributed by atoms with Crippen molar-refractivity contribution in [2.45, 2.75) is 71.2 Å². The molecule has 0 radical (unpaired) electrons. The lowest BCUT2D eigenvalue weighted by atomic mass is 9.94. The van der Waals surface area contributed by atoms with E-state index in [9.17, 15) is 19.2 Å². The number of ether oxygens (including phenoxy) is 5. The van der Waals surface area contributed by atoms with Crippen molar-refractivity contribution in [1.82, 2.24) is 4.57 Å². The highest BCUT2D eigenvalue weighted by Gasteiger charge is 2.53. The first kappa shape index (κ1) is 30.3. The standard InChI is InChI=1S/C30H32BrNO9/c1-16-7-6-8-23-26(16)21(13-20-9-11-22(31)12-10-20)15-32(23)30-29(40-19(4)35)28(39-18(3)34)27(38-17(2)33)24(41-30)14-25(36)37-5/h6-12,15,24,27-30H,13-14H2,1-5H3/t24-,27-,28+,29-,30-/m1/s1. The summed E-state index contributed by atoms with van der Waals surface area (Å²) >= 11 is 3.47. The minimum Gasteiger partial charge on any atom is -0.469 e. The lowest BCUT2D eigenvalue weighted by Crippen LogP contribution is -2.59. The molecule has 1 aliphatic heterocycles. The predicted octanol–water partition coefficient (Wildman–Crippen LogP) is 4.56. The fourth-order valence-corrected chi connectivity index (χ4v) is 5.53. The summed E-state index contributed by atoms with van der Waals surface area (Å²) in [6.45, 7) is 5.60. The van der Waals surface area contributed by atoms with Gasteiger partial charge in [0, 0.05) is 36.8 Å². The van der Waals surface area contributed by atoms with Gasteiger partial charge in [-0.05, 0) is 48.2 Å². The summed E-state index contributed by atoms with van der Waals surface area (Å²) in [6.07, 6.45) is -3.66. The van der Waals surface area contributed by atoms with E-state index in [1.165, 1.54) is 27.9 Å². The SMILES string of the molecule is COC(=O)C[C@H]1O[C@@H](n2cc(Cc3ccc(Br)cc3)c3c(C)cccc32)[C@H](OC(C)=O)[C@@H](OC(C)=O)[C@@H]1OC(C)=O. The summed E-state index contributed by atoms with van der Waals surface area (Å²) in [7, 11) is 1.23. The molecule has 0 bridgehead atoms. The number of aryl methyl sites for hydroxylation is 1. The Morgan fingerprint density at radius 1 is 0.878 bits per heavy atom.